The second-order valence-electron chi connectivity index (χ2n) is 10.2. The molecule has 0 radical (unpaired) electrons. The number of hydrogen-bond donors (Lipinski definition) is 2. The minimum Gasteiger partial charge on any atom is -0.481 e. The highest BCUT2D eigenvalue weighted by molar-refractivity contribution is 5.77. The van der Waals surface area contributed by atoms with Gasteiger partial charge in [-0.2, -0.15) is 0 Å². The van der Waals surface area contributed by atoms with Gasteiger partial charge in [-0.1, -0.05) is 65.8 Å². The summed E-state index contributed by atoms with van der Waals surface area (Å²) in [7, 11) is 0. The highest BCUT2D eigenvalue weighted by Gasteiger charge is 2.45. The van der Waals surface area contributed by atoms with Crippen molar-refractivity contribution in [2.45, 2.75) is 57.4 Å². The average Bonchev–Trinajstić information content (AvgIpc) is 3.58. The van der Waals surface area contributed by atoms with Crippen LogP contribution in [0.15, 0.2) is 77.3 Å². The van der Waals surface area contributed by atoms with E-state index in [1.165, 1.54) is 6.07 Å². The maximum Gasteiger partial charge on any atom is 0.304 e. The Bertz CT molecular complexity index is 1390. The summed E-state index contributed by atoms with van der Waals surface area (Å²) in [5, 5.41) is 16.9. The number of rotatable bonds is 10. The normalized spacial score (nSPS) is 14.8. The molecule has 4 aromatic rings. The van der Waals surface area contributed by atoms with Gasteiger partial charge in [-0.3, -0.25) is 4.79 Å². The predicted octanol–water partition coefficient (Wildman–Crippen LogP) is 7.40. The molecule has 0 amide bonds. The Kier molecular flexibility index (Phi) is 6.83. The molecule has 3 aromatic carbocycles. The molecule has 6 heteroatoms. The Morgan fingerprint density at radius 2 is 1.70 bits per heavy atom. The average molecular weight is 499 g/mol. The summed E-state index contributed by atoms with van der Waals surface area (Å²) in [4.78, 5) is 11.2. The molecule has 1 atom stereocenters. The van der Waals surface area contributed by atoms with E-state index in [0.29, 0.717) is 5.76 Å². The Balaban J connectivity index is 1.27. The first kappa shape index (κ1) is 24.8. The first-order chi connectivity index (χ1) is 17.8. The maximum atomic E-state index is 13.5. The van der Waals surface area contributed by atoms with Gasteiger partial charge in [-0.05, 0) is 73.9 Å². The number of hydrogen-bond acceptors (Lipinski definition) is 4. The first-order valence-corrected chi connectivity index (χ1v) is 12.7. The highest BCUT2D eigenvalue weighted by atomic mass is 19.1. The lowest BCUT2D eigenvalue weighted by molar-refractivity contribution is -0.137. The number of benzene rings is 3. The van der Waals surface area contributed by atoms with Crippen LogP contribution in [0.25, 0.3) is 22.5 Å². The lowest BCUT2D eigenvalue weighted by Crippen LogP contribution is -2.16. The van der Waals surface area contributed by atoms with Gasteiger partial charge in [0.2, 0.25) is 0 Å². The van der Waals surface area contributed by atoms with E-state index in [0.717, 1.165) is 64.9 Å². The van der Waals surface area contributed by atoms with Gasteiger partial charge < -0.3 is 14.9 Å². The van der Waals surface area contributed by atoms with E-state index in [4.69, 9.17) is 4.52 Å². The Labute approximate surface area is 216 Å². The number of aliphatic carboxylic acids is 1. The molecule has 1 fully saturated rings. The molecule has 1 heterocycles. The number of aromatic nitrogens is 1. The summed E-state index contributed by atoms with van der Waals surface area (Å²) in [5.41, 5.74) is 6.66. The number of nitrogens with one attached hydrogen (secondary N) is 1. The molecule has 1 aromatic heterocycles. The van der Waals surface area contributed by atoms with E-state index in [1.54, 1.807) is 12.1 Å². The van der Waals surface area contributed by atoms with Crippen LogP contribution in [0.4, 0.5) is 10.1 Å². The van der Waals surface area contributed by atoms with Gasteiger partial charge in [0.05, 0.1) is 6.42 Å². The van der Waals surface area contributed by atoms with Crippen molar-refractivity contribution in [3.8, 4) is 22.5 Å². The van der Waals surface area contributed by atoms with Crippen LogP contribution in [0.5, 0.6) is 0 Å². The summed E-state index contributed by atoms with van der Waals surface area (Å²) in [6, 6.07) is 23.3. The molecule has 2 N–H and O–H groups in total. The van der Waals surface area contributed by atoms with Crippen molar-refractivity contribution >= 4 is 11.7 Å². The van der Waals surface area contributed by atoms with Crippen LogP contribution in [-0.2, 0) is 16.6 Å². The Morgan fingerprint density at radius 1 is 1.05 bits per heavy atom. The molecule has 1 saturated carbocycles. The fraction of sp³-hybridized carbons (Fsp3) is 0.290. The van der Waals surface area contributed by atoms with Gasteiger partial charge in [0.25, 0.3) is 0 Å². The first-order valence-electron chi connectivity index (χ1n) is 12.7. The van der Waals surface area contributed by atoms with Crippen LogP contribution in [-0.4, -0.2) is 22.3 Å². The van der Waals surface area contributed by atoms with Crippen molar-refractivity contribution in [3.63, 3.8) is 0 Å². The molecular formula is C31H31FN2O3. The Morgan fingerprint density at radius 3 is 2.32 bits per heavy atom. The zero-order chi connectivity index (χ0) is 26.0. The summed E-state index contributed by atoms with van der Waals surface area (Å²) < 4.78 is 19.2. The lowest BCUT2D eigenvalue weighted by Gasteiger charge is -2.16. The van der Waals surface area contributed by atoms with Crippen molar-refractivity contribution in [1.82, 2.24) is 5.16 Å². The van der Waals surface area contributed by atoms with Crippen molar-refractivity contribution in [3.05, 3.63) is 95.4 Å². The van der Waals surface area contributed by atoms with Gasteiger partial charge in [0, 0.05) is 17.0 Å². The monoisotopic (exact) mass is 498 g/mol. The zero-order valence-electron chi connectivity index (χ0n) is 21.1. The van der Waals surface area contributed by atoms with Crippen LogP contribution in [0.2, 0.25) is 0 Å². The highest BCUT2D eigenvalue weighted by Crippen LogP contribution is 2.51. The van der Waals surface area contributed by atoms with E-state index in [1.807, 2.05) is 25.1 Å². The van der Waals surface area contributed by atoms with E-state index in [2.05, 4.69) is 53.8 Å². The molecule has 5 rings (SSSR count). The van der Waals surface area contributed by atoms with Crippen LogP contribution >= 0.6 is 0 Å². The summed E-state index contributed by atoms with van der Waals surface area (Å²) in [5.74, 6) is -0.254. The second kappa shape index (κ2) is 10.2. The third-order valence-corrected chi connectivity index (χ3v) is 7.33. The fourth-order valence-electron chi connectivity index (χ4n) is 4.97. The Hall–Kier alpha value is -3.93. The largest absolute Gasteiger partial charge is 0.481 e. The molecule has 1 unspecified atom stereocenters. The molecule has 37 heavy (non-hydrogen) atoms. The van der Waals surface area contributed by atoms with E-state index in [-0.39, 0.29) is 23.7 Å². The molecule has 0 bridgehead atoms. The number of anilines is 1. The van der Waals surface area contributed by atoms with E-state index in [9.17, 15) is 14.3 Å². The molecule has 1 aliphatic carbocycles. The molecule has 0 aliphatic heterocycles. The molecule has 190 valence electrons. The van der Waals surface area contributed by atoms with Crippen molar-refractivity contribution in [1.29, 1.82) is 0 Å². The number of carboxylic acids is 1. The van der Waals surface area contributed by atoms with Crippen molar-refractivity contribution in [2.75, 3.05) is 5.32 Å². The minimum atomic E-state index is -0.741. The smallest absolute Gasteiger partial charge is 0.304 e. The summed E-state index contributed by atoms with van der Waals surface area (Å²) in [6.45, 7) is 4.02. The van der Waals surface area contributed by atoms with Gasteiger partial charge in [0.15, 0.2) is 5.76 Å². The predicted molar refractivity (Wildman–Crippen MR) is 143 cm³/mol. The van der Waals surface area contributed by atoms with Crippen molar-refractivity contribution in [2.24, 2.45) is 0 Å². The van der Waals surface area contributed by atoms with E-state index >= 15 is 0 Å². The number of aryl methyl sites for hydroxylation is 2. The number of carboxylic acid groups (broad SMARTS) is 1. The number of carbonyl (C=O) groups is 1. The van der Waals surface area contributed by atoms with Crippen LogP contribution in [0.3, 0.4) is 0 Å². The molecule has 5 nitrogen and oxygen atoms in total. The second-order valence-corrected chi connectivity index (χ2v) is 10.2. The third-order valence-electron chi connectivity index (χ3n) is 7.33. The maximum absolute atomic E-state index is 13.5. The van der Waals surface area contributed by atoms with Crippen LogP contribution in [0.1, 0.15) is 49.4 Å². The van der Waals surface area contributed by atoms with Gasteiger partial charge >= 0.3 is 5.97 Å². The molecule has 0 spiro atoms. The molecule has 0 saturated heterocycles. The molecule has 1 aliphatic rings. The SMILES string of the molecule is Cc1noc(-c2ccc(-c3ccc(C4(CC(=O)O)CC4)cc3)cc2)c1NC(C)CCc1cccc(F)c1. The standard InChI is InChI=1S/C31H31FN2O3/c1-20(6-7-22-4-3-5-27(32)18-22)33-29-21(2)34-37-30(29)25-10-8-23(9-11-25)24-12-14-26(15-13-24)31(16-17-31)19-28(35)36/h3-5,8-15,18,20,33H,6-7,16-17,19H2,1-2H3,(H,35,36). The fourth-order valence-corrected chi connectivity index (χ4v) is 4.97. The number of nitrogens with zero attached hydrogens (tertiary/aromatic N) is 1. The topological polar surface area (TPSA) is 75.4 Å². The van der Waals surface area contributed by atoms with Crippen molar-refractivity contribution < 1.29 is 18.8 Å². The summed E-state index contributed by atoms with van der Waals surface area (Å²) in [6.07, 6.45) is 3.68. The minimum absolute atomic E-state index is 0.147. The van der Waals surface area contributed by atoms with Gasteiger partial charge in [-0.15, -0.1) is 0 Å². The lowest BCUT2D eigenvalue weighted by atomic mass is 9.91. The zero-order valence-corrected chi connectivity index (χ0v) is 21.1. The molecular weight excluding hydrogens is 467 g/mol. The van der Waals surface area contributed by atoms with Crippen LogP contribution < -0.4 is 5.32 Å². The van der Waals surface area contributed by atoms with E-state index < -0.39 is 5.97 Å². The van der Waals surface area contributed by atoms with Gasteiger partial charge in [-0.25, -0.2) is 4.39 Å². The quantitative estimate of drug-likeness (QED) is 0.238. The number of halogens is 1. The van der Waals surface area contributed by atoms with Gasteiger partial charge in [0.1, 0.15) is 17.2 Å². The summed E-state index contributed by atoms with van der Waals surface area (Å²) >= 11 is 0. The third kappa shape index (κ3) is 5.58. The van der Waals surface area contributed by atoms with Crippen LogP contribution in [0, 0.1) is 12.7 Å².